The first-order chi connectivity index (χ1) is 14.1. The predicted octanol–water partition coefficient (Wildman–Crippen LogP) is 5.15. The zero-order valence-corrected chi connectivity index (χ0v) is 15.6. The maximum Gasteiger partial charge on any atom is 0.337 e. The second kappa shape index (κ2) is 7.45. The molecule has 4 aromatic rings. The third kappa shape index (κ3) is 3.17. The molecule has 0 aliphatic rings. The fraction of sp³-hybridized carbons (Fsp3) is 0.0417. The first kappa shape index (κ1) is 18.2. The number of nitrogens with zero attached hydrogens (tertiary/aromatic N) is 2. The number of rotatable bonds is 4. The van der Waals surface area contributed by atoms with E-state index in [9.17, 15) is 15.2 Å². The maximum absolute atomic E-state index is 11.9. The van der Waals surface area contributed by atoms with Crippen LogP contribution in [0.25, 0.3) is 33.3 Å². The Bertz CT molecular complexity index is 1270. The molecule has 0 amide bonds. The van der Waals surface area contributed by atoms with Crippen molar-refractivity contribution in [1.29, 1.82) is 5.26 Å². The van der Waals surface area contributed by atoms with Crippen LogP contribution < -0.4 is 4.74 Å². The molecule has 5 heteroatoms. The van der Waals surface area contributed by atoms with Gasteiger partial charge in [-0.1, -0.05) is 60.7 Å². The quantitative estimate of drug-likeness (QED) is 0.529. The Balaban J connectivity index is 1.89. The largest absolute Gasteiger partial charge is 0.496 e. The van der Waals surface area contributed by atoms with Gasteiger partial charge in [0, 0.05) is 16.5 Å². The van der Waals surface area contributed by atoms with E-state index in [-0.39, 0.29) is 11.1 Å². The lowest BCUT2D eigenvalue weighted by atomic mass is 9.96. The van der Waals surface area contributed by atoms with Crippen LogP contribution in [-0.2, 0) is 0 Å². The van der Waals surface area contributed by atoms with Crippen molar-refractivity contribution in [1.82, 2.24) is 4.98 Å². The van der Waals surface area contributed by atoms with Gasteiger partial charge in [-0.2, -0.15) is 5.26 Å². The van der Waals surface area contributed by atoms with E-state index >= 15 is 0 Å². The molecule has 0 spiro atoms. The summed E-state index contributed by atoms with van der Waals surface area (Å²) >= 11 is 0. The van der Waals surface area contributed by atoms with Crippen LogP contribution in [0.4, 0.5) is 0 Å². The van der Waals surface area contributed by atoms with Crippen LogP contribution in [0, 0.1) is 11.3 Å². The standard InChI is InChI=1S/C24H16N2O3/c1-29-21-9-5-3-6-17(21)15-10-12-16(13-11-15)23-19(14-25)22(24(27)28)18-7-2-4-8-20(18)26-23/h2-13H,1H3,(H,27,28). The summed E-state index contributed by atoms with van der Waals surface area (Å²) in [7, 11) is 1.62. The number of carboxylic acid groups (broad SMARTS) is 1. The van der Waals surface area contributed by atoms with E-state index in [4.69, 9.17) is 4.74 Å². The Morgan fingerprint density at radius 2 is 1.62 bits per heavy atom. The molecule has 140 valence electrons. The highest BCUT2D eigenvalue weighted by atomic mass is 16.5. The molecule has 0 aliphatic carbocycles. The number of ether oxygens (including phenoxy) is 1. The van der Waals surface area contributed by atoms with E-state index in [1.54, 1.807) is 31.4 Å². The summed E-state index contributed by atoms with van der Waals surface area (Å²) in [6.45, 7) is 0. The number of carbonyl (C=O) groups is 1. The van der Waals surface area contributed by atoms with Crippen LogP contribution in [0.1, 0.15) is 15.9 Å². The normalized spacial score (nSPS) is 10.5. The number of para-hydroxylation sites is 2. The average molecular weight is 380 g/mol. The minimum absolute atomic E-state index is 0.0260. The SMILES string of the molecule is COc1ccccc1-c1ccc(-c2nc3ccccc3c(C(=O)O)c2C#N)cc1. The molecule has 1 aromatic heterocycles. The van der Waals surface area contributed by atoms with E-state index in [1.807, 2.05) is 54.6 Å². The number of fused-ring (bicyclic) bond motifs is 1. The van der Waals surface area contributed by atoms with E-state index in [0.29, 0.717) is 22.2 Å². The molecule has 1 heterocycles. The van der Waals surface area contributed by atoms with Crippen molar-refractivity contribution in [2.75, 3.05) is 7.11 Å². The van der Waals surface area contributed by atoms with Gasteiger partial charge in [-0.3, -0.25) is 0 Å². The lowest BCUT2D eigenvalue weighted by Crippen LogP contribution is -2.05. The minimum atomic E-state index is -1.15. The number of aromatic carboxylic acids is 1. The number of aromatic nitrogens is 1. The van der Waals surface area contributed by atoms with Gasteiger partial charge >= 0.3 is 5.97 Å². The summed E-state index contributed by atoms with van der Waals surface area (Å²) in [6, 6.07) is 24.2. The molecule has 0 radical (unpaired) electrons. The van der Waals surface area contributed by atoms with Crippen LogP contribution >= 0.6 is 0 Å². The minimum Gasteiger partial charge on any atom is -0.496 e. The molecule has 4 rings (SSSR count). The van der Waals surface area contributed by atoms with Crippen LogP contribution in [0.2, 0.25) is 0 Å². The van der Waals surface area contributed by atoms with Crippen molar-refractivity contribution < 1.29 is 14.6 Å². The molecule has 0 saturated heterocycles. The van der Waals surface area contributed by atoms with Crippen molar-refractivity contribution in [3.8, 4) is 34.2 Å². The van der Waals surface area contributed by atoms with Gasteiger partial charge in [0.25, 0.3) is 0 Å². The molecular formula is C24H16N2O3. The molecule has 0 fully saturated rings. The van der Waals surface area contributed by atoms with Gasteiger partial charge in [0.1, 0.15) is 11.8 Å². The third-order valence-corrected chi connectivity index (χ3v) is 4.79. The summed E-state index contributed by atoms with van der Waals surface area (Å²) in [5.74, 6) is -0.387. The van der Waals surface area contributed by atoms with E-state index < -0.39 is 5.97 Å². The second-order valence-corrected chi connectivity index (χ2v) is 6.42. The fourth-order valence-corrected chi connectivity index (χ4v) is 3.44. The number of methoxy groups -OCH3 is 1. The molecular weight excluding hydrogens is 364 g/mol. The van der Waals surface area contributed by atoms with Gasteiger partial charge in [0.15, 0.2) is 0 Å². The summed E-state index contributed by atoms with van der Waals surface area (Å²) in [6.07, 6.45) is 0. The van der Waals surface area contributed by atoms with E-state index in [0.717, 1.165) is 16.9 Å². The molecule has 0 atom stereocenters. The highest BCUT2D eigenvalue weighted by Gasteiger charge is 2.21. The summed E-state index contributed by atoms with van der Waals surface area (Å²) in [4.78, 5) is 16.5. The Hall–Kier alpha value is -4.17. The molecule has 5 nitrogen and oxygen atoms in total. The topological polar surface area (TPSA) is 83.2 Å². The summed E-state index contributed by atoms with van der Waals surface area (Å²) in [5, 5.41) is 19.9. The van der Waals surface area contributed by atoms with Crippen molar-refractivity contribution in [2.24, 2.45) is 0 Å². The van der Waals surface area contributed by atoms with E-state index in [1.165, 1.54) is 0 Å². The summed E-state index contributed by atoms with van der Waals surface area (Å²) in [5.41, 5.74) is 3.49. The van der Waals surface area contributed by atoms with Gasteiger partial charge in [-0.15, -0.1) is 0 Å². The van der Waals surface area contributed by atoms with Gasteiger partial charge in [-0.25, -0.2) is 9.78 Å². The Morgan fingerprint density at radius 3 is 2.31 bits per heavy atom. The van der Waals surface area contributed by atoms with Gasteiger partial charge in [-0.05, 0) is 17.7 Å². The van der Waals surface area contributed by atoms with Crippen LogP contribution in [0.15, 0.2) is 72.8 Å². The molecule has 29 heavy (non-hydrogen) atoms. The van der Waals surface area contributed by atoms with Gasteiger partial charge in [0.05, 0.1) is 29.4 Å². The molecule has 0 unspecified atom stereocenters. The van der Waals surface area contributed by atoms with Crippen molar-refractivity contribution in [3.05, 3.63) is 83.9 Å². The Kier molecular flexibility index (Phi) is 4.68. The van der Waals surface area contributed by atoms with E-state index in [2.05, 4.69) is 4.98 Å². The van der Waals surface area contributed by atoms with Crippen LogP contribution in [-0.4, -0.2) is 23.2 Å². The van der Waals surface area contributed by atoms with Crippen molar-refractivity contribution in [3.63, 3.8) is 0 Å². The van der Waals surface area contributed by atoms with Crippen molar-refractivity contribution in [2.45, 2.75) is 0 Å². The van der Waals surface area contributed by atoms with Gasteiger partial charge < -0.3 is 9.84 Å². The highest BCUT2D eigenvalue weighted by Crippen LogP contribution is 2.33. The monoisotopic (exact) mass is 380 g/mol. The summed E-state index contributed by atoms with van der Waals surface area (Å²) < 4.78 is 5.42. The molecule has 0 bridgehead atoms. The van der Waals surface area contributed by atoms with Crippen LogP contribution in [0.5, 0.6) is 5.75 Å². The molecule has 0 saturated carbocycles. The number of benzene rings is 3. The Morgan fingerprint density at radius 1 is 0.966 bits per heavy atom. The first-order valence-corrected chi connectivity index (χ1v) is 8.94. The van der Waals surface area contributed by atoms with Gasteiger partial charge in [0.2, 0.25) is 0 Å². The zero-order chi connectivity index (χ0) is 20.4. The third-order valence-electron chi connectivity index (χ3n) is 4.79. The predicted molar refractivity (Wildman–Crippen MR) is 111 cm³/mol. The smallest absolute Gasteiger partial charge is 0.337 e. The number of hydrogen-bond donors (Lipinski definition) is 1. The Labute approximate surface area is 167 Å². The maximum atomic E-state index is 11.9. The highest BCUT2D eigenvalue weighted by molar-refractivity contribution is 6.06. The molecule has 1 N–H and O–H groups in total. The lowest BCUT2D eigenvalue weighted by Gasteiger charge is -2.12. The zero-order valence-electron chi connectivity index (χ0n) is 15.6. The van der Waals surface area contributed by atoms with Crippen LogP contribution in [0.3, 0.4) is 0 Å². The number of hydrogen-bond acceptors (Lipinski definition) is 4. The number of nitriles is 1. The second-order valence-electron chi connectivity index (χ2n) is 6.42. The molecule has 3 aromatic carbocycles. The lowest BCUT2D eigenvalue weighted by molar-refractivity contribution is 0.0698. The molecule has 0 aliphatic heterocycles. The number of carboxylic acids is 1. The average Bonchev–Trinajstić information content (AvgIpc) is 2.77. The fourth-order valence-electron chi connectivity index (χ4n) is 3.44. The first-order valence-electron chi connectivity index (χ1n) is 8.94. The van der Waals surface area contributed by atoms with Crippen molar-refractivity contribution >= 4 is 16.9 Å². The number of pyridine rings is 1.